The summed E-state index contributed by atoms with van der Waals surface area (Å²) in [6.45, 7) is 0.140. The summed E-state index contributed by atoms with van der Waals surface area (Å²) in [6.07, 6.45) is 0. The van der Waals surface area contributed by atoms with Gasteiger partial charge in [-0.2, -0.15) is 0 Å². The normalized spacial score (nSPS) is 9.59. The van der Waals surface area contributed by atoms with E-state index >= 15 is 0 Å². The smallest absolute Gasteiger partial charge is 0.253 e. The van der Waals surface area contributed by atoms with Crippen molar-refractivity contribution in [1.29, 1.82) is 0 Å². The van der Waals surface area contributed by atoms with Gasteiger partial charge in [-0.15, -0.1) is 0 Å². The van der Waals surface area contributed by atoms with Crippen LogP contribution in [0.5, 0.6) is 0 Å². The van der Waals surface area contributed by atoms with Gasteiger partial charge in [-0.25, -0.2) is 4.98 Å². The number of para-hydroxylation sites is 2. The van der Waals surface area contributed by atoms with Crippen molar-refractivity contribution >= 4 is 42.9 Å². The number of aliphatic hydroxyl groups is 1. The van der Waals surface area contributed by atoms with E-state index in [9.17, 15) is 0 Å². The Morgan fingerprint density at radius 3 is 1.66 bits per heavy atom. The Balaban J connectivity index is 0.000000154. The summed E-state index contributed by atoms with van der Waals surface area (Å²) in [5, 5.41) is 11.6. The van der Waals surface area contributed by atoms with Gasteiger partial charge in [0.15, 0.2) is 5.58 Å². The maximum atomic E-state index is 8.54. The topological polar surface area (TPSA) is 46.3 Å². The number of rotatable bonds is 1. The number of hydrogen-bond acceptors (Lipinski definition) is 4. The second-order valence-corrected chi connectivity index (χ2v) is 6.34. The van der Waals surface area contributed by atoms with Crippen molar-refractivity contribution in [3.05, 3.63) is 109 Å². The fourth-order valence-corrected chi connectivity index (χ4v) is 2.78. The van der Waals surface area contributed by atoms with E-state index in [1.807, 2.05) is 54.6 Å². The second-order valence-electron chi connectivity index (χ2n) is 5.96. The van der Waals surface area contributed by atoms with Crippen LogP contribution in [0, 0.1) is 0 Å². The van der Waals surface area contributed by atoms with Crippen LogP contribution in [0.1, 0.15) is 5.56 Å². The van der Waals surface area contributed by atoms with Crippen LogP contribution in [0.25, 0.3) is 21.9 Å². The van der Waals surface area contributed by atoms with Crippen LogP contribution >= 0.6 is 12.6 Å². The summed E-state index contributed by atoms with van der Waals surface area (Å²) in [6, 6.07) is 33.8. The Morgan fingerprint density at radius 2 is 1.17 bits per heavy atom. The molecule has 1 N–H and O–H groups in total. The van der Waals surface area contributed by atoms with Crippen molar-refractivity contribution in [2.24, 2.45) is 0 Å². The molecule has 0 radical (unpaired) electrons. The molecular weight excluding hydrogens is 377 g/mol. The molecule has 0 fully saturated rings. The van der Waals surface area contributed by atoms with Crippen molar-refractivity contribution in [3.63, 3.8) is 0 Å². The molecule has 0 atom stereocenters. The summed E-state index contributed by atoms with van der Waals surface area (Å²) < 4.78 is 5.12. The van der Waals surface area contributed by atoms with E-state index in [-0.39, 0.29) is 15.0 Å². The molecule has 0 aliphatic rings. The molecule has 0 saturated heterocycles. The van der Waals surface area contributed by atoms with Crippen LogP contribution in [0.3, 0.4) is 0 Å². The molecule has 3 nitrogen and oxygen atoms in total. The van der Waals surface area contributed by atoms with E-state index in [0.29, 0.717) is 5.22 Å². The Morgan fingerprint density at radius 1 is 0.690 bits per heavy atom. The highest BCUT2D eigenvalue weighted by atomic mass is 32.1. The monoisotopic (exact) mass is 401 g/mol. The number of fused-ring (bicyclic) bond motifs is 2. The Labute approximate surface area is 178 Å². The predicted octanol–water partition coefficient (Wildman–Crippen LogP) is 4.95. The molecule has 5 heteroatoms. The Hall–Kier alpha value is -3.02. The zero-order chi connectivity index (χ0) is 19.6. The van der Waals surface area contributed by atoms with Crippen LogP contribution in [0.15, 0.2) is 113 Å². The molecule has 0 aliphatic heterocycles. The third kappa shape index (κ3) is 6.82. The van der Waals surface area contributed by atoms with E-state index in [2.05, 4.69) is 66.1 Å². The molecule has 0 spiro atoms. The number of nitrogens with zero attached hydrogens (tertiary/aromatic N) is 1. The molecular formula is C24H24BNO2S. The number of thiol groups is 1. The molecule has 29 heavy (non-hydrogen) atoms. The van der Waals surface area contributed by atoms with Crippen molar-refractivity contribution in [3.8, 4) is 0 Å². The lowest BCUT2D eigenvalue weighted by atomic mass is 10.1. The molecule has 0 unspecified atom stereocenters. The lowest BCUT2D eigenvalue weighted by molar-refractivity contribution is 0.282. The van der Waals surface area contributed by atoms with Crippen molar-refractivity contribution in [2.45, 2.75) is 11.8 Å². The maximum absolute atomic E-state index is 8.54. The van der Waals surface area contributed by atoms with Gasteiger partial charge in [0.25, 0.3) is 5.22 Å². The van der Waals surface area contributed by atoms with Crippen LogP contribution < -0.4 is 0 Å². The number of hydrogen-bond donors (Lipinski definition) is 2. The van der Waals surface area contributed by atoms with Crippen molar-refractivity contribution in [2.75, 3.05) is 0 Å². The first-order chi connectivity index (χ1) is 13.8. The largest absolute Gasteiger partial charge is 0.432 e. The first kappa shape index (κ1) is 22.3. The fourth-order valence-electron chi connectivity index (χ4n) is 2.58. The van der Waals surface area contributed by atoms with Gasteiger partial charge < -0.3 is 9.52 Å². The van der Waals surface area contributed by atoms with Crippen LogP contribution in [0.2, 0.25) is 0 Å². The van der Waals surface area contributed by atoms with Crippen LogP contribution in [0.4, 0.5) is 0 Å². The molecule has 1 heterocycles. The summed E-state index contributed by atoms with van der Waals surface area (Å²) in [7, 11) is 0. The highest BCUT2D eigenvalue weighted by molar-refractivity contribution is 7.80. The first-order valence-corrected chi connectivity index (χ1v) is 9.34. The second kappa shape index (κ2) is 11.7. The zero-order valence-electron chi connectivity index (χ0n) is 15.3. The molecule has 0 bridgehead atoms. The zero-order valence-corrected chi connectivity index (χ0v) is 16.2. The van der Waals surface area contributed by atoms with E-state index in [0.717, 1.165) is 16.7 Å². The number of aliphatic hydroxyl groups excluding tert-OH is 1. The Kier molecular flexibility index (Phi) is 9.02. The quantitative estimate of drug-likeness (QED) is 0.309. The summed E-state index contributed by atoms with van der Waals surface area (Å²) in [5.41, 5.74) is 2.60. The fraction of sp³-hybridized carbons (Fsp3) is 0.0417. The van der Waals surface area contributed by atoms with Crippen molar-refractivity contribution < 1.29 is 9.52 Å². The van der Waals surface area contributed by atoms with Gasteiger partial charge >= 0.3 is 0 Å². The average molecular weight is 401 g/mol. The van der Waals surface area contributed by atoms with Crippen LogP contribution in [-0.4, -0.2) is 18.5 Å². The minimum atomic E-state index is 0. The van der Waals surface area contributed by atoms with E-state index in [1.54, 1.807) is 0 Å². The van der Waals surface area contributed by atoms with Gasteiger partial charge in [0.2, 0.25) is 0 Å². The van der Waals surface area contributed by atoms with E-state index < -0.39 is 0 Å². The maximum Gasteiger partial charge on any atom is 0.253 e. The predicted molar refractivity (Wildman–Crippen MR) is 128 cm³/mol. The van der Waals surface area contributed by atoms with Gasteiger partial charge in [0.05, 0.1) is 15.0 Å². The van der Waals surface area contributed by atoms with Crippen LogP contribution in [-0.2, 0) is 6.61 Å². The molecule has 5 aromatic rings. The third-order valence-corrected chi connectivity index (χ3v) is 4.16. The highest BCUT2D eigenvalue weighted by Crippen LogP contribution is 2.16. The van der Waals surface area contributed by atoms with E-state index in [1.165, 1.54) is 10.8 Å². The highest BCUT2D eigenvalue weighted by Gasteiger charge is 1.98. The number of benzene rings is 4. The molecule has 0 aliphatic carbocycles. The van der Waals surface area contributed by atoms with Gasteiger partial charge in [-0.05, 0) is 28.5 Å². The average Bonchev–Trinajstić information content (AvgIpc) is 3.15. The molecule has 0 saturated carbocycles. The molecule has 4 aromatic carbocycles. The molecule has 5 rings (SSSR count). The Bertz CT molecular complexity index is 1030. The minimum Gasteiger partial charge on any atom is -0.432 e. The van der Waals surface area contributed by atoms with Gasteiger partial charge in [0.1, 0.15) is 5.52 Å². The molecule has 1 aromatic heterocycles. The van der Waals surface area contributed by atoms with Crippen molar-refractivity contribution in [1.82, 2.24) is 4.98 Å². The summed E-state index contributed by atoms with van der Waals surface area (Å²) >= 11 is 3.97. The van der Waals surface area contributed by atoms with Gasteiger partial charge in [-0.3, -0.25) is 0 Å². The first-order valence-electron chi connectivity index (χ1n) is 8.89. The standard InChI is InChI=1S/C10H8.C7H5NOS.C7H8O.BH3/c1-2-6-10-8-4-3-7-9(10)5-1;10-7-8-5-3-1-2-4-6(5)9-7;8-6-7-4-2-1-3-5-7;/h1-8H;1-4H,(H,8,10);1-5,8H,6H2;1H3. The molecule has 146 valence electrons. The number of oxazole rings is 1. The summed E-state index contributed by atoms with van der Waals surface area (Å²) in [4.78, 5) is 4.01. The third-order valence-electron chi connectivity index (χ3n) is 3.97. The van der Waals surface area contributed by atoms with E-state index in [4.69, 9.17) is 9.52 Å². The lowest BCUT2D eigenvalue weighted by Crippen LogP contribution is -1.77. The lowest BCUT2D eigenvalue weighted by Gasteiger charge is -1.92. The van der Waals surface area contributed by atoms with Gasteiger partial charge in [0, 0.05) is 0 Å². The molecule has 0 amide bonds. The van der Waals surface area contributed by atoms with Gasteiger partial charge in [-0.1, -0.05) is 104 Å². The summed E-state index contributed by atoms with van der Waals surface area (Å²) in [5.74, 6) is 0. The SMILES string of the molecule is B.OCc1ccccc1.Sc1nc2ccccc2o1.c1ccc2ccccc2c1. The minimum absolute atomic E-state index is 0. The number of aromatic nitrogens is 1.